The Morgan fingerprint density at radius 3 is 2.94 bits per heavy atom. The molecule has 4 nitrogen and oxygen atoms in total. The summed E-state index contributed by atoms with van der Waals surface area (Å²) in [5.74, 6) is 0.847. The average Bonchev–Trinajstić information content (AvgIpc) is 2.41. The predicted molar refractivity (Wildman–Crippen MR) is 69.3 cm³/mol. The summed E-state index contributed by atoms with van der Waals surface area (Å²) in [5.41, 5.74) is 0. The van der Waals surface area contributed by atoms with Gasteiger partial charge in [-0.25, -0.2) is 13.4 Å². The maximum absolute atomic E-state index is 11.8. The van der Waals surface area contributed by atoms with E-state index >= 15 is 0 Å². The molecular formula is C11H15ClN2O2S. The molecule has 0 aliphatic carbocycles. The van der Waals surface area contributed by atoms with Crippen molar-refractivity contribution in [1.29, 1.82) is 0 Å². The van der Waals surface area contributed by atoms with Gasteiger partial charge in [0.05, 0.1) is 16.0 Å². The second kappa shape index (κ2) is 4.82. The van der Waals surface area contributed by atoms with Gasteiger partial charge < -0.3 is 4.90 Å². The van der Waals surface area contributed by atoms with Gasteiger partial charge in [-0.3, -0.25) is 0 Å². The third-order valence-corrected chi connectivity index (χ3v) is 5.61. The minimum absolute atomic E-state index is 0.168. The molecule has 6 heteroatoms. The zero-order chi connectivity index (χ0) is 12.5. The van der Waals surface area contributed by atoms with E-state index in [0.29, 0.717) is 30.4 Å². The maximum Gasteiger partial charge on any atom is 0.154 e. The number of rotatable bonds is 1. The number of nitrogens with zero attached hydrogens (tertiary/aromatic N) is 2. The molecule has 1 fully saturated rings. The molecule has 1 aliphatic rings. The zero-order valence-electron chi connectivity index (χ0n) is 9.63. The van der Waals surface area contributed by atoms with E-state index in [1.165, 1.54) is 0 Å². The smallest absolute Gasteiger partial charge is 0.154 e. The first-order valence-corrected chi connectivity index (χ1v) is 7.67. The molecule has 0 amide bonds. The first-order chi connectivity index (χ1) is 8.00. The molecular weight excluding hydrogens is 260 g/mol. The molecule has 1 aromatic heterocycles. The minimum Gasteiger partial charge on any atom is -0.354 e. The lowest BCUT2D eigenvalue weighted by atomic mass is 10.3. The summed E-state index contributed by atoms with van der Waals surface area (Å²) >= 11 is 6.06. The molecule has 0 bridgehead atoms. The van der Waals surface area contributed by atoms with Crippen LogP contribution in [0.15, 0.2) is 18.3 Å². The number of aromatic nitrogens is 1. The van der Waals surface area contributed by atoms with Crippen LogP contribution in [0.4, 0.5) is 5.82 Å². The third kappa shape index (κ3) is 2.72. The van der Waals surface area contributed by atoms with Crippen LogP contribution in [-0.2, 0) is 9.84 Å². The van der Waals surface area contributed by atoms with Crippen LogP contribution in [0.5, 0.6) is 0 Å². The van der Waals surface area contributed by atoms with E-state index in [1.807, 2.05) is 4.90 Å². The topological polar surface area (TPSA) is 50.3 Å². The van der Waals surface area contributed by atoms with Gasteiger partial charge in [-0.15, -0.1) is 0 Å². The minimum atomic E-state index is -2.96. The van der Waals surface area contributed by atoms with E-state index in [9.17, 15) is 8.42 Å². The first kappa shape index (κ1) is 12.6. The van der Waals surface area contributed by atoms with Gasteiger partial charge in [0, 0.05) is 19.3 Å². The summed E-state index contributed by atoms with van der Waals surface area (Å²) in [4.78, 5) is 6.16. The Hall–Kier alpha value is -0.810. The Balaban J connectivity index is 2.23. The van der Waals surface area contributed by atoms with Crippen molar-refractivity contribution in [3.05, 3.63) is 23.4 Å². The molecule has 1 saturated heterocycles. The van der Waals surface area contributed by atoms with Crippen molar-refractivity contribution >= 4 is 27.3 Å². The second-order valence-corrected chi connectivity index (χ2v) is 7.21. The number of hydrogen-bond donors (Lipinski definition) is 0. The number of hydrogen-bond acceptors (Lipinski definition) is 4. The van der Waals surface area contributed by atoms with Gasteiger partial charge in [0.15, 0.2) is 9.84 Å². The molecule has 0 aromatic carbocycles. The highest BCUT2D eigenvalue weighted by Gasteiger charge is 2.27. The molecule has 94 valence electrons. The van der Waals surface area contributed by atoms with E-state index < -0.39 is 9.84 Å². The third-order valence-electron chi connectivity index (χ3n) is 3.10. The van der Waals surface area contributed by atoms with Gasteiger partial charge in [0.1, 0.15) is 5.82 Å². The normalized spacial score (nSPS) is 24.4. The van der Waals surface area contributed by atoms with Gasteiger partial charge in [-0.2, -0.15) is 0 Å². The van der Waals surface area contributed by atoms with Crippen LogP contribution < -0.4 is 4.90 Å². The molecule has 0 spiro atoms. The van der Waals surface area contributed by atoms with Crippen LogP contribution in [0.1, 0.15) is 13.3 Å². The first-order valence-electron chi connectivity index (χ1n) is 5.58. The SMILES string of the molecule is CC1CCN(c2ncccc2Cl)CCS1(=O)=O. The molecule has 1 atom stereocenters. The van der Waals surface area contributed by atoms with E-state index in [4.69, 9.17) is 11.6 Å². The Morgan fingerprint density at radius 1 is 1.47 bits per heavy atom. The van der Waals surface area contributed by atoms with Crippen LogP contribution in [0.25, 0.3) is 0 Å². The molecule has 1 aromatic rings. The Morgan fingerprint density at radius 2 is 2.24 bits per heavy atom. The quantitative estimate of drug-likeness (QED) is 0.783. The van der Waals surface area contributed by atoms with Crippen molar-refractivity contribution in [2.45, 2.75) is 18.6 Å². The van der Waals surface area contributed by atoms with Gasteiger partial charge >= 0.3 is 0 Å². The average molecular weight is 275 g/mol. The lowest BCUT2D eigenvalue weighted by Crippen LogP contribution is -2.27. The predicted octanol–water partition coefficient (Wildman–Crippen LogP) is 1.75. The van der Waals surface area contributed by atoms with Crippen molar-refractivity contribution < 1.29 is 8.42 Å². The highest BCUT2D eigenvalue weighted by atomic mass is 35.5. The number of anilines is 1. The van der Waals surface area contributed by atoms with Crippen LogP contribution >= 0.6 is 11.6 Å². The highest BCUT2D eigenvalue weighted by molar-refractivity contribution is 7.92. The molecule has 0 radical (unpaired) electrons. The van der Waals surface area contributed by atoms with Crippen LogP contribution in [0, 0.1) is 0 Å². The summed E-state index contributed by atoms with van der Waals surface area (Å²) in [6.07, 6.45) is 2.29. The lowest BCUT2D eigenvalue weighted by Gasteiger charge is -2.21. The summed E-state index contributed by atoms with van der Waals surface area (Å²) in [6, 6.07) is 3.54. The zero-order valence-corrected chi connectivity index (χ0v) is 11.2. The van der Waals surface area contributed by atoms with Gasteiger partial charge in [-0.05, 0) is 25.5 Å². The van der Waals surface area contributed by atoms with Crippen molar-refractivity contribution in [3.63, 3.8) is 0 Å². The lowest BCUT2D eigenvalue weighted by molar-refractivity contribution is 0.584. The van der Waals surface area contributed by atoms with Crippen molar-refractivity contribution in [2.24, 2.45) is 0 Å². The standard InChI is InChI=1S/C11H15ClN2O2S/c1-9-4-6-14(7-8-17(9,15)16)11-10(12)3-2-5-13-11/h2-3,5,9H,4,6-8H2,1H3. The summed E-state index contributed by atoms with van der Waals surface area (Å²) in [6.45, 7) is 2.90. The Kier molecular flexibility index (Phi) is 3.58. The number of halogens is 1. The van der Waals surface area contributed by atoms with Gasteiger partial charge in [0.2, 0.25) is 0 Å². The number of pyridine rings is 1. The fraction of sp³-hybridized carbons (Fsp3) is 0.545. The van der Waals surface area contributed by atoms with Crippen LogP contribution in [0.3, 0.4) is 0 Å². The molecule has 0 saturated carbocycles. The highest BCUT2D eigenvalue weighted by Crippen LogP contribution is 2.24. The number of sulfone groups is 1. The summed E-state index contributed by atoms with van der Waals surface area (Å²) in [7, 11) is -2.96. The van der Waals surface area contributed by atoms with Gasteiger partial charge in [0.25, 0.3) is 0 Å². The van der Waals surface area contributed by atoms with Crippen molar-refractivity contribution in [2.75, 3.05) is 23.7 Å². The summed E-state index contributed by atoms with van der Waals surface area (Å²) in [5, 5.41) is 0.287. The summed E-state index contributed by atoms with van der Waals surface area (Å²) < 4.78 is 23.6. The van der Waals surface area contributed by atoms with E-state index in [2.05, 4.69) is 4.98 Å². The van der Waals surface area contributed by atoms with E-state index in [1.54, 1.807) is 25.3 Å². The Bertz CT molecular complexity index is 504. The fourth-order valence-corrected chi connectivity index (χ4v) is 3.47. The molecule has 17 heavy (non-hydrogen) atoms. The van der Waals surface area contributed by atoms with Crippen molar-refractivity contribution in [3.8, 4) is 0 Å². The van der Waals surface area contributed by atoms with Crippen molar-refractivity contribution in [1.82, 2.24) is 4.98 Å². The van der Waals surface area contributed by atoms with E-state index in [0.717, 1.165) is 0 Å². The molecule has 1 aliphatic heterocycles. The largest absolute Gasteiger partial charge is 0.354 e. The van der Waals surface area contributed by atoms with Crippen LogP contribution in [-0.4, -0.2) is 37.5 Å². The molecule has 2 heterocycles. The Labute approximate surface area is 107 Å². The monoisotopic (exact) mass is 274 g/mol. The molecule has 1 unspecified atom stereocenters. The van der Waals surface area contributed by atoms with Crippen LogP contribution in [0.2, 0.25) is 5.02 Å². The molecule has 0 N–H and O–H groups in total. The fourth-order valence-electron chi connectivity index (χ4n) is 1.89. The maximum atomic E-state index is 11.8. The second-order valence-electron chi connectivity index (χ2n) is 4.26. The van der Waals surface area contributed by atoms with E-state index in [-0.39, 0.29) is 11.0 Å². The molecule has 2 rings (SSSR count). The van der Waals surface area contributed by atoms with Gasteiger partial charge in [-0.1, -0.05) is 11.6 Å².